The molecule has 2 saturated heterocycles. The summed E-state index contributed by atoms with van der Waals surface area (Å²) in [4.78, 5) is 32.8. The highest BCUT2D eigenvalue weighted by Gasteiger charge is 2.30. The monoisotopic (exact) mass is 662 g/mol. The van der Waals surface area contributed by atoms with Crippen molar-refractivity contribution in [2.45, 2.75) is 105 Å². The Kier molecular flexibility index (Phi) is 19.4. The van der Waals surface area contributed by atoms with Gasteiger partial charge in [0.15, 0.2) is 0 Å². The van der Waals surface area contributed by atoms with E-state index in [-0.39, 0.29) is 18.0 Å². The van der Waals surface area contributed by atoms with E-state index < -0.39 is 0 Å². The third-order valence-corrected chi connectivity index (χ3v) is 9.17. The van der Waals surface area contributed by atoms with Crippen molar-refractivity contribution in [1.29, 1.82) is 0 Å². The Balaban J connectivity index is 0.000000917. The fourth-order valence-corrected chi connectivity index (χ4v) is 6.38. The van der Waals surface area contributed by atoms with E-state index >= 15 is 0 Å². The maximum absolute atomic E-state index is 13.5. The molecule has 0 aromatic heterocycles. The molecule has 3 aliphatic heterocycles. The van der Waals surface area contributed by atoms with Crippen LogP contribution < -0.4 is 10.2 Å². The Morgan fingerprint density at radius 1 is 0.917 bits per heavy atom. The van der Waals surface area contributed by atoms with Crippen molar-refractivity contribution in [1.82, 2.24) is 15.1 Å². The Hall–Kier alpha value is -3.54. The van der Waals surface area contributed by atoms with E-state index in [2.05, 4.69) is 79.1 Å². The first kappa shape index (κ1) is 40.6. The Morgan fingerprint density at radius 3 is 2.17 bits per heavy atom. The van der Waals surface area contributed by atoms with Crippen LogP contribution >= 0.6 is 0 Å². The first-order valence-electron chi connectivity index (χ1n) is 18.2. The number of nitrogens with one attached hydrogen (secondary N) is 1. The zero-order valence-corrected chi connectivity index (χ0v) is 30.6. The molecule has 2 amide bonds. The number of esters is 1. The molecule has 1 atom stereocenters. The summed E-state index contributed by atoms with van der Waals surface area (Å²) in [6.07, 6.45) is 16.6. The molecule has 2 aromatic carbocycles. The second-order valence-electron chi connectivity index (χ2n) is 12.3. The third-order valence-electron chi connectivity index (χ3n) is 9.17. The molecule has 5 rings (SSSR count). The lowest BCUT2D eigenvalue weighted by atomic mass is 10.0. The SMILES string of the molecule is C#C.CC.CCCC.CCCCc1ccc(C(=O)OC)cc1N1Cc2ccccc2CC(NC(=O)N2CCC(N3CCOCC3)CC2)C1. The average molecular weight is 663 g/mol. The summed E-state index contributed by atoms with van der Waals surface area (Å²) in [5.74, 6) is -0.330. The van der Waals surface area contributed by atoms with E-state index in [0.717, 1.165) is 90.1 Å². The van der Waals surface area contributed by atoms with E-state index in [1.165, 1.54) is 36.6 Å². The first-order valence-corrected chi connectivity index (χ1v) is 18.2. The van der Waals surface area contributed by atoms with E-state index in [1.807, 2.05) is 30.9 Å². The van der Waals surface area contributed by atoms with Crippen molar-refractivity contribution in [3.63, 3.8) is 0 Å². The number of carbonyl (C=O) groups excluding carboxylic acids is 2. The number of benzene rings is 2. The molecule has 0 aliphatic carbocycles. The van der Waals surface area contributed by atoms with Gasteiger partial charge in [0, 0.05) is 51.0 Å². The maximum atomic E-state index is 13.5. The number of rotatable bonds is 8. The van der Waals surface area contributed by atoms with E-state index in [9.17, 15) is 9.59 Å². The topological polar surface area (TPSA) is 74.4 Å². The van der Waals surface area contributed by atoms with Crippen LogP contribution in [-0.4, -0.2) is 86.9 Å². The van der Waals surface area contributed by atoms with Gasteiger partial charge in [-0.2, -0.15) is 0 Å². The number of hydrogen-bond donors (Lipinski definition) is 1. The number of piperidine rings is 1. The van der Waals surface area contributed by atoms with Crippen molar-refractivity contribution in [3.05, 3.63) is 64.7 Å². The molecule has 48 heavy (non-hydrogen) atoms. The van der Waals surface area contributed by atoms with Gasteiger partial charge in [-0.25, -0.2) is 9.59 Å². The third kappa shape index (κ3) is 12.2. The summed E-state index contributed by atoms with van der Waals surface area (Å²) in [5, 5.41) is 3.39. The van der Waals surface area contributed by atoms with Gasteiger partial charge in [0.05, 0.1) is 31.9 Å². The number of amides is 2. The molecule has 0 spiro atoms. The normalized spacial score (nSPS) is 17.9. The highest BCUT2D eigenvalue weighted by atomic mass is 16.5. The summed E-state index contributed by atoms with van der Waals surface area (Å²) in [6, 6.07) is 14.9. The van der Waals surface area contributed by atoms with Gasteiger partial charge >= 0.3 is 12.0 Å². The predicted molar refractivity (Wildman–Crippen MR) is 199 cm³/mol. The van der Waals surface area contributed by atoms with Crippen LogP contribution in [0.25, 0.3) is 0 Å². The highest BCUT2D eigenvalue weighted by Crippen LogP contribution is 2.30. The smallest absolute Gasteiger partial charge is 0.337 e. The summed E-state index contributed by atoms with van der Waals surface area (Å²) in [7, 11) is 1.42. The van der Waals surface area contributed by atoms with Crippen LogP contribution in [0.1, 0.15) is 100 Å². The second-order valence-corrected chi connectivity index (χ2v) is 12.3. The maximum Gasteiger partial charge on any atom is 0.337 e. The summed E-state index contributed by atoms with van der Waals surface area (Å²) >= 11 is 0. The van der Waals surface area contributed by atoms with Crippen molar-refractivity contribution >= 4 is 17.7 Å². The lowest BCUT2D eigenvalue weighted by Gasteiger charge is -2.40. The molecule has 1 unspecified atom stereocenters. The molecule has 8 nitrogen and oxygen atoms in total. The van der Waals surface area contributed by atoms with Crippen LogP contribution in [-0.2, 0) is 28.9 Å². The number of terminal acetylenes is 1. The number of aryl methyl sites for hydroxylation is 1. The van der Waals surface area contributed by atoms with Gasteiger partial charge in [-0.15, -0.1) is 12.8 Å². The quantitative estimate of drug-likeness (QED) is 0.236. The minimum atomic E-state index is -0.330. The first-order chi connectivity index (χ1) is 23.5. The lowest BCUT2D eigenvalue weighted by Crippen LogP contribution is -2.54. The largest absolute Gasteiger partial charge is 0.465 e. The average Bonchev–Trinajstić information content (AvgIpc) is 3.34. The number of carbonyl (C=O) groups is 2. The zero-order chi connectivity index (χ0) is 35.3. The van der Waals surface area contributed by atoms with Crippen molar-refractivity contribution < 1.29 is 19.1 Å². The summed E-state index contributed by atoms with van der Waals surface area (Å²) in [6.45, 7) is 17.1. The lowest BCUT2D eigenvalue weighted by molar-refractivity contribution is 0.00374. The Morgan fingerprint density at radius 2 is 1.56 bits per heavy atom. The van der Waals surface area contributed by atoms with E-state index in [0.29, 0.717) is 18.2 Å². The number of morpholine rings is 1. The van der Waals surface area contributed by atoms with Gasteiger partial charge in [0.2, 0.25) is 0 Å². The molecule has 3 heterocycles. The van der Waals surface area contributed by atoms with Crippen LogP contribution in [0.5, 0.6) is 0 Å². The fourth-order valence-electron chi connectivity index (χ4n) is 6.38. The van der Waals surface area contributed by atoms with Crippen molar-refractivity contribution in [2.75, 3.05) is 57.9 Å². The van der Waals surface area contributed by atoms with Crippen molar-refractivity contribution in [3.8, 4) is 12.8 Å². The number of methoxy groups -OCH3 is 1. The van der Waals surface area contributed by atoms with Gasteiger partial charge in [0.25, 0.3) is 0 Å². The second kappa shape index (κ2) is 22.9. The fraction of sp³-hybridized carbons (Fsp3) is 0.600. The molecule has 2 fully saturated rings. The minimum absolute atomic E-state index is 0.0271. The van der Waals surface area contributed by atoms with Gasteiger partial charge in [-0.1, -0.05) is 84.2 Å². The number of likely N-dealkylation sites (tertiary alicyclic amines) is 1. The number of anilines is 1. The highest BCUT2D eigenvalue weighted by molar-refractivity contribution is 5.91. The number of hydrogen-bond acceptors (Lipinski definition) is 6. The Bertz CT molecular complexity index is 1230. The zero-order valence-electron chi connectivity index (χ0n) is 30.6. The minimum Gasteiger partial charge on any atom is -0.465 e. The molecule has 3 aliphatic rings. The van der Waals surface area contributed by atoms with Gasteiger partial charge in [-0.3, -0.25) is 4.90 Å². The van der Waals surface area contributed by atoms with Crippen LogP contribution in [0.4, 0.5) is 10.5 Å². The molecule has 266 valence electrons. The van der Waals surface area contributed by atoms with Crippen LogP contribution in [0.3, 0.4) is 0 Å². The molecule has 8 heteroatoms. The number of ether oxygens (including phenoxy) is 2. The molecule has 0 bridgehead atoms. The standard InChI is InChI=1S/C32H44N4O4.C4H10.C2H6.C2H2/c1-3-4-7-24-10-11-26(31(37)39-2)21-30(24)36-22-27-9-6-5-8-25(27)20-28(23-36)33-32(38)35-14-12-29(13-15-35)34-16-18-40-19-17-34;1-3-4-2;2*1-2/h5-6,8-11,21,28-29H,3-4,7,12-20,22-23H2,1-2H3,(H,33,38);3-4H2,1-2H3;1-2H3;1-2H. The molecular formula is C40H62N4O4. The number of nitrogens with zero attached hydrogens (tertiary/aromatic N) is 3. The number of urea groups is 1. The molecule has 1 N–H and O–H groups in total. The summed E-state index contributed by atoms with van der Waals surface area (Å²) in [5.41, 5.74) is 5.36. The van der Waals surface area contributed by atoms with Gasteiger partial charge in [0.1, 0.15) is 0 Å². The summed E-state index contributed by atoms with van der Waals surface area (Å²) < 4.78 is 10.6. The number of unbranched alkanes of at least 4 members (excludes halogenated alkanes) is 2. The molecule has 0 saturated carbocycles. The molecular weight excluding hydrogens is 600 g/mol. The van der Waals surface area contributed by atoms with Crippen molar-refractivity contribution in [2.24, 2.45) is 0 Å². The van der Waals surface area contributed by atoms with Crippen LogP contribution in [0, 0.1) is 12.8 Å². The van der Waals surface area contributed by atoms with Crippen LogP contribution in [0.2, 0.25) is 0 Å². The predicted octanol–water partition coefficient (Wildman–Crippen LogP) is 7.34. The number of fused-ring (bicyclic) bond motifs is 1. The van der Waals surface area contributed by atoms with Crippen LogP contribution in [0.15, 0.2) is 42.5 Å². The van der Waals surface area contributed by atoms with E-state index in [4.69, 9.17) is 9.47 Å². The molecule has 2 aromatic rings. The van der Waals surface area contributed by atoms with Gasteiger partial charge < -0.3 is 24.6 Å². The molecule has 0 radical (unpaired) electrons. The Labute approximate surface area is 291 Å². The van der Waals surface area contributed by atoms with Gasteiger partial charge in [-0.05, 0) is 60.9 Å². The van der Waals surface area contributed by atoms with E-state index in [1.54, 1.807) is 0 Å².